The largest absolute Gasteiger partial charge is 0.480 e. The predicted octanol–water partition coefficient (Wildman–Crippen LogP) is 5.10. The van der Waals surface area contributed by atoms with Crippen molar-refractivity contribution in [3.05, 3.63) is 59.4 Å². The molecule has 7 rings (SSSR count). The van der Waals surface area contributed by atoms with Gasteiger partial charge in [-0.1, -0.05) is 18.2 Å². The zero-order valence-corrected chi connectivity index (χ0v) is 23.3. The zero-order chi connectivity index (χ0) is 30.0. The fourth-order valence-corrected chi connectivity index (χ4v) is 5.72. The van der Waals surface area contributed by atoms with Crippen molar-refractivity contribution in [3.63, 3.8) is 0 Å². The Balaban J connectivity index is 1.27. The third kappa shape index (κ3) is 4.74. The van der Waals surface area contributed by atoms with Gasteiger partial charge in [-0.2, -0.15) is 13.2 Å². The third-order valence-electron chi connectivity index (χ3n) is 8.09. The van der Waals surface area contributed by atoms with Crippen LogP contribution in [0.5, 0.6) is 5.88 Å². The summed E-state index contributed by atoms with van der Waals surface area (Å²) in [5.41, 5.74) is 2.15. The number of aryl methyl sites for hydroxylation is 1. The van der Waals surface area contributed by atoms with E-state index in [9.17, 15) is 18.0 Å². The Hall–Kier alpha value is -4.62. The van der Waals surface area contributed by atoms with Gasteiger partial charge in [0, 0.05) is 44.2 Å². The molecule has 0 saturated heterocycles. The van der Waals surface area contributed by atoms with E-state index < -0.39 is 18.0 Å². The summed E-state index contributed by atoms with van der Waals surface area (Å²) in [6.45, 7) is 0.273. The van der Waals surface area contributed by atoms with Gasteiger partial charge in [0.1, 0.15) is 29.6 Å². The number of hydrogen-bond donors (Lipinski definition) is 0. The first kappa shape index (κ1) is 27.2. The van der Waals surface area contributed by atoms with Crippen molar-refractivity contribution >= 4 is 17.4 Å². The minimum Gasteiger partial charge on any atom is -0.480 e. The van der Waals surface area contributed by atoms with Gasteiger partial charge >= 0.3 is 6.18 Å². The third-order valence-corrected chi connectivity index (χ3v) is 8.09. The van der Waals surface area contributed by atoms with Crippen LogP contribution >= 0.6 is 0 Å². The van der Waals surface area contributed by atoms with Gasteiger partial charge in [-0.25, -0.2) is 29.3 Å². The number of amides is 1. The minimum absolute atomic E-state index is 0.00729. The Labute approximate surface area is 243 Å². The average molecular weight is 595 g/mol. The van der Waals surface area contributed by atoms with E-state index in [0.717, 1.165) is 24.7 Å². The van der Waals surface area contributed by atoms with Gasteiger partial charge in [0.2, 0.25) is 11.8 Å². The van der Waals surface area contributed by atoms with Crippen molar-refractivity contribution in [2.45, 2.75) is 50.6 Å². The Morgan fingerprint density at radius 1 is 1.09 bits per heavy atom. The van der Waals surface area contributed by atoms with Gasteiger partial charge in [-0.15, -0.1) is 0 Å². The second-order valence-corrected chi connectivity index (χ2v) is 10.9. The average Bonchev–Trinajstić information content (AvgIpc) is 3.77. The molecule has 3 aromatic heterocycles. The number of alkyl halides is 4. The van der Waals surface area contributed by atoms with E-state index in [1.165, 1.54) is 22.9 Å². The summed E-state index contributed by atoms with van der Waals surface area (Å²) in [7, 11) is 3.17. The second-order valence-electron chi connectivity index (χ2n) is 10.9. The topological polar surface area (TPSA) is 102 Å². The summed E-state index contributed by atoms with van der Waals surface area (Å²) in [6, 6.07) is 4.95. The first-order chi connectivity index (χ1) is 20.6. The molecule has 1 saturated carbocycles. The molecular formula is C29H26F4N8O2. The first-order valence-corrected chi connectivity index (χ1v) is 13.8. The number of carbonyl (C=O) groups excluding carboxylic acids is 1. The van der Waals surface area contributed by atoms with Crippen molar-refractivity contribution in [3.8, 4) is 28.7 Å². The van der Waals surface area contributed by atoms with E-state index in [4.69, 9.17) is 9.72 Å². The molecule has 3 aliphatic rings. The Morgan fingerprint density at radius 3 is 2.65 bits per heavy atom. The van der Waals surface area contributed by atoms with Crippen LogP contribution in [0.15, 0.2) is 36.9 Å². The molecule has 1 atom stereocenters. The Bertz CT molecular complexity index is 1750. The van der Waals surface area contributed by atoms with Crippen molar-refractivity contribution in [1.29, 1.82) is 0 Å². The molecule has 1 amide bonds. The minimum atomic E-state index is -4.61. The number of rotatable bonds is 5. The number of fused-ring (bicyclic) bond motifs is 4. The van der Waals surface area contributed by atoms with Crippen LogP contribution < -0.4 is 14.5 Å². The number of nitrogens with zero attached hydrogens (tertiary/aromatic N) is 8. The molecule has 0 radical (unpaired) electrons. The van der Waals surface area contributed by atoms with Gasteiger partial charge < -0.3 is 19.1 Å². The first-order valence-electron chi connectivity index (χ1n) is 13.8. The van der Waals surface area contributed by atoms with Crippen LogP contribution in [0.2, 0.25) is 0 Å². The fraction of sp³-hybridized carbons (Fsp3) is 0.379. The van der Waals surface area contributed by atoms with Crippen LogP contribution in [0.3, 0.4) is 0 Å². The molecule has 2 aliphatic heterocycles. The maximum Gasteiger partial charge on any atom is 0.434 e. The summed E-state index contributed by atoms with van der Waals surface area (Å²) in [5, 5.41) is 0. The zero-order valence-electron chi connectivity index (χ0n) is 23.3. The quantitative estimate of drug-likeness (QED) is 0.294. The SMILES string of the molecule is COc1ncnc(C2CC2)c1-c1ncc2c(n1)N(Cc1ccc3c(c1)C(F)CCn1cc(C(F)(F)F)nc1-3)CC(=O)N2C. The molecule has 43 heavy (non-hydrogen) atoms. The highest BCUT2D eigenvalue weighted by molar-refractivity contribution is 6.02. The van der Waals surface area contributed by atoms with E-state index in [0.29, 0.717) is 39.9 Å². The number of methoxy groups -OCH3 is 1. The molecule has 1 fully saturated rings. The second kappa shape index (κ2) is 9.99. The number of aromatic nitrogens is 6. The molecule has 5 heterocycles. The van der Waals surface area contributed by atoms with E-state index in [2.05, 4.69) is 19.9 Å². The number of likely N-dealkylation sites (N-methyl/N-ethyl adjacent to an activating group) is 1. The number of halogens is 4. The normalized spacial score (nSPS) is 18.2. The number of ether oxygens (including phenoxy) is 1. The van der Waals surface area contributed by atoms with Crippen molar-refractivity contribution in [1.82, 2.24) is 29.5 Å². The molecule has 4 aromatic rings. The van der Waals surface area contributed by atoms with Crippen LogP contribution in [-0.2, 0) is 24.1 Å². The Morgan fingerprint density at radius 2 is 1.91 bits per heavy atom. The lowest BCUT2D eigenvalue weighted by molar-refractivity contribution is -0.140. The van der Waals surface area contributed by atoms with Crippen LogP contribution in [0.25, 0.3) is 22.8 Å². The predicted molar refractivity (Wildman–Crippen MR) is 147 cm³/mol. The van der Waals surface area contributed by atoms with Crippen LogP contribution in [0.4, 0.5) is 29.1 Å². The highest BCUT2D eigenvalue weighted by atomic mass is 19.4. The highest BCUT2D eigenvalue weighted by Crippen LogP contribution is 2.46. The lowest BCUT2D eigenvalue weighted by Crippen LogP contribution is -2.44. The fourth-order valence-electron chi connectivity index (χ4n) is 5.72. The molecule has 10 nitrogen and oxygen atoms in total. The van der Waals surface area contributed by atoms with Gasteiger partial charge in [0.15, 0.2) is 17.3 Å². The molecule has 1 aromatic carbocycles. The lowest BCUT2D eigenvalue weighted by atomic mass is 9.98. The van der Waals surface area contributed by atoms with Gasteiger partial charge in [0.05, 0.1) is 25.5 Å². The molecule has 0 bridgehead atoms. The molecule has 0 spiro atoms. The van der Waals surface area contributed by atoms with E-state index in [1.54, 1.807) is 36.3 Å². The monoisotopic (exact) mass is 594 g/mol. The Kier molecular flexibility index (Phi) is 6.32. The number of anilines is 2. The molecular weight excluding hydrogens is 568 g/mol. The van der Waals surface area contributed by atoms with Gasteiger partial charge in [-0.05, 0) is 24.0 Å². The van der Waals surface area contributed by atoms with Crippen LogP contribution in [0.1, 0.15) is 53.9 Å². The smallest absolute Gasteiger partial charge is 0.434 e. The van der Waals surface area contributed by atoms with Gasteiger partial charge in [-0.3, -0.25) is 4.79 Å². The van der Waals surface area contributed by atoms with Crippen LogP contribution in [0, 0.1) is 0 Å². The summed E-state index contributed by atoms with van der Waals surface area (Å²) in [5.74, 6) is 1.39. The molecule has 1 unspecified atom stereocenters. The number of benzene rings is 1. The van der Waals surface area contributed by atoms with Gasteiger partial charge in [0.25, 0.3) is 0 Å². The van der Waals surface area contributed by atoms with Crippen molar-refractivity contribution in [2.75, 3.05) is 30.5 Å². The summed E-state index contributed by atoms with van der Waals surface area (Å²) in [6.07, 6.45) is -0.0406. The number of hydrogen-bond acceptors (Lipinski definition) is 8. The van der Waals surface area contributed by atoms with Crippen LogP contribution in [-0.4, -0.2) is 56.1 Å². The maximum absolute atomic E-state index is 15.4. The number of imidazole rings is 1. The highest BCUT2D eigenvalue weighted by Gasteiger charge is 2.37. The van der Waals surface area contributed by atoms with Crippen molar-refractivity contribution in [2.24, 2.45) is 0 Å². The lowest BCUT2D eigenvalue weighted by Gasteiger charge is -2.34. The molecule has 1 aliphatic carbocycles. The summed E-state index contributed by atoms with van der Waals surface area (Å²) >= 11 is 0. The summed E-state index contributed by atoms with van der Waals surface area (Å²) < 4.78 is 62.3. The molecule has 14 heteroatoms. The summed E-state index contributed by atoms with van der Waals surface area (Å²) in [4.78, 5) is 38.2. The standard InChI is InChI=1S/C29H26F4N8O2/c1-39-20-10-34-25(23-24(16-4-5-16)35-14-36-28(23)43-2)38-27(20)41(13-22(39)42)11-15-3-6-17-18(9-15)19(30)7-8-40-12-21(29(31,32)33)37-26(17)40/h3,6,9-10,12,14,16,19H,4-5,7-8,11,13H2,1-2H3. The molecule has 0 N–H and O–H groups in total. The maximum atomic E-state index is 15.4. The van der Waals surface area contributed by atoms with E-state index in [1.807, 2.05) is 0 Å². The molecule has 222 valence electrons. The number of carbonyl (C=O) groups is 1. The van der Waals surface area contributed by atoms with Crippen molar-refractivity contribution < 1.29 is 27.1 Å². The van der Waals surface area contributed by atoms with E-state index >= 15 is 4.39 Å². The van der Waals surface area contributed by atoms with E-state index in [-0.39, 0.29) is 49.3 Å².